The largest absolute Gasteiger partial charge is 0.380 e. The Morgan fingerprint density at radius 3 is 2.65 bits per heavy atom. The van der Waals surface area contributed by atoms with Gasteiger partial charge in [-0.1, -0.05) is 43.7 Å². The van der Waals surface area contributed by atoms with Crippen molar-refractivity contribution in [3.05, 3.63) is 35.9 Å². The number of likely N-dealkylation sites (N-methyl/N-ethyl adjacent to an activating group) is 1. The van der Waals surface area contributed by atoms with Crippen molar-refractivity contribution in [2.75, 3.05) is 20.3 Å². The zero-order valence-electron chi connectivity index (χ0n) is 11.1. The van der Waals surface area contributed by atoms with Gasteiger partial charge in [0.15, 0.2) is 0 Å². The van der Waals surface area contributed by atoms with Gasteiger partial charge in [0, 0.05) is 12.6 Å². The topological polar surface area (TPSA) is 21.3 Å². The molecule has 2 nitrogen and oxygen atoms in total. The van der Waals surface area contributed by atoms with Crippen molar-refractivity contribution in [2.24, 2.45) is 0 Å². The fourth-order valence-electron chi connectivity index (χ4n) is 1.91. The van der Waals surface area contributed by atoms with Gasteiger partial charge in [-0.2, -0.15) is 0 Å². The van der Waals surface area contributed by atoms with Gasteiger partial charge in [-0.3, -0.25) is 0 Å². The summed E-state index contributed by atoms with van der Waals surface area (Å²) in [5, 5.41) is 3.29. The molecule has 1 aromatic rings. The van der Waals surface area contributed by atoms with Gasteiger partial charge >= 0.3 is 0 Å². The predicted molar refractivity (Wildman–Crippen MR) is 73.3 cm³/mol. The van der Waals surface area contributed by atoms with Crippen LogP contribution in [0.1, 0.15) is 31.7 Å². The molecule has 2 heteroatoms. The highest BCUT2D eigenvalue weighted by Gasteiger charge is 2.03. The van der Waals surface area contributed by atoms with Gasteiger partial charge in [0.1, 0.15) is 0 Å². The number of rotatable bonds is 9. The van der Waals surface area contributed by atoms with Crippen molar-refractivity contribution >= 4 is 0 Å². The third-order valence-corrected chi connectivity index (χ3v) is 2.96. The quantitative estimate of drug-likeness (QED) is 0.664. The van der Waals surface area contributed by atoms with Crippen LogP contribution < -0.4 is 5.32 Å². The summed E-state index contributed by atoms with van der Waals surface area (Å²) in [6.45, 7) is 3.90. The molecule has 1 N–H and O–H groups in total. The van der Waals surface area contributed by atoms with Crippen LogP contribution in [0.4, 0.5) is 0 Å². The standard InChI is InChI=1S/C15H25NO/c1-3-8-15(16-2)13-17-12-7-11-14-9-5-4-6-10-14/h4-6,9-10,15-16H,3,7-8,11-13H2,1-2H3. The van der Waals surface area contributed by atoms with Gasteiger partial charge in [-0.25, -0.2) is 0 Å². The highest BCUT2D eigenvalue weighted by molar-refractivity contribution is 5.14. The van der Waals surface area contributed by atoms with E-state index in [1.807, 2.05) is 7.05 Å². The molecule has 0 aromatic heterocycles. The Labute approximate surface area is 105 Å². The van der Waals surface area contributed by atoms with Gasteiger partial charge < -0.3 is 10.1 Å². The Morgan fingerprint density at radius 2 is 2.00 bits per heavy atom. The number of hydrogen-bond donors (Lipinski definition) is 1. The molecule has 0 saturated heterocycles. The SMILES string of the molecule is CCCC(COCCCc1ccccc1)NC. The Morgan fingerprint density at radius 1 is 1.24 bits per heavy atom. The minimum atomic E-state index is 0.511. The van der Waals surface area contributed by atoms with Crippen molar-refractivity contribution in [3.63, 3.8) is 0 Å². The van der Waals surface area contributed by atoms with Crippen LogP contribution in [0.5, 0.6) is 0 Å². The smallest absolute Gasteiger partial charge is 0.0619 e. The summed E-state index contributed by atoms with van der Waals surface area (Å²) in [5.41, 5.74) is 1.40. The van der Waals surface area contributed by atoms with Crippen molar-refractivity contribution < 1.29 is 4.74 Å². The Kier molecular flexibility index (Phi) is 7.69. The normalized spacial score (nSPS) is 12.6. The molecule has 1 unspecified atom stereocenters. The van der Waals surface area contributed by atoms with Gasteiger partial charge in [0.25, 0.3) is 0 Å². The van der Waals surface area contributed by atoms with Crippen molar-refractivity contribution in [3.8, 4) is 0 Å². The first-order chi connectivity index (χ1) is 8.36. The average molecular weight is 235 g/mol. The molecule has 0 heterocycles. The first-order valence-electron chi connectivity index (χ1n) is 6.65. The van der Waals surface area contributed by atoms with Crippen LogP contribution in [0, 0.1) is 0 Å². The predicted octanol–water partition coefficient (Wildman–Crippen LogP) is 3.02. The molecule has 0 amide bonds. The van der Waals surface area contributed by atoms with E-state index in [2.05, 4.69) is 42.6 Å². The molecule has 0 aliphatic rings. The van der Waals surface area contributed by atoms with Gasteiger partial charge in [0.2, 0.25) is 0 Å². The van der Waals surface area contributed by atoms with E-state index in [1.54, 1.807) is 0 Å². The molecule has 96 valence electrons. The zero-order valence-corrected chi connectivity index (χ0v) is 11.1. The molecule has 1 aromatic carbocycles. The summed E-state index contributed by atoms with van der Waals surface area (Å²) < 4.78 is 5.70. The van der Waals surface area contributed by atoms with Crippen molar-refractivity contribution in [1.29, 1.82) is 0 Å². The second-order valence-corrected chi connectivity index (χ2v) is 4.44. The van der Waals surface area contributed by atoms with E-state index < -0.39 is 0 Å². The second kappa shape index (κ2) is 9.20. The van der Waals surface area contributed by atoms with Gasteiger partial charge in [-0.05, 0) is 31.9 Å². The van der Waals surface area contributed by atoms with E-state index >= 15 is 0 Å². The van der Waals surface area contributed by atoms with Crippen molar-refractivity contribution in [2.45, 2.75) is 38.6 Å². The van der Waals surface area contributed by atoms with E-state index in [4.69, 9.17) is 4.74 Å². The maximum Gasteiger partial charge on any atom is 0.0619 e. The molecule has 0 aliphatic heterocycles. The summed E-state index contributed by atoms with van der Waals surface area (Å²) in [4.78, 5) is 0. The Hall–Kier alpha value is -0.860. The number of hydrogen-bond acceptors (Lipinski definition) is 2. The first-order valence-corrected chi connectivity index (χ1v) is 6.65. The zero-order chi connectivity index (χ0) is 12.3. The van der Waals surface area contributed by atoms with Crippen LogP contribution in [0.15, 0.2) is 30.3 Å². The van der Waals surface area contributed by atoms with E-state index in [-0.39, 0.29) is 0 Å². The molecule has 0 radical (unpaired) electrons. The summed E-state index contributed by atoms with van der Waals surface area (Å²) in [6.07, 6.45) is 4.61. The second-order valence-electron chi connectivity index (χ2n) is 4.44. The molecule has 0 bridgehead atoms. The molecule has 0 spiro atoms. The molecule has 0 saturated carbocycles. The van der Waals surface area contributed by atoms with E-state index in [0.29, 0.717) is 6.04 Å². The van der Waals surface area contributed by atoms with Crippen LogP contribution in [0.25, 0.3) is 0 Å². The Bertz CT molecular complexity index is 274. The molecule has 0 aliphatic carbocycles. The van der Waals surface area contributed by atoms with E-state index in [1.165, 1.54) is 18.4 Å². The minimum Gasteiger partial charge on any atom is -0.380 e. The summed E-state index contributed by atoms with van der Waals surface area (Å²) in [5.74, 6) is 0. The van der Waals surface area contributed by atoms with Crippen LogP contribution in [-0.4, -0.2) is 26.3 Å². The fraction of sp³-hybridized carbons (Fsp3) is 0.600. The lowest BCUT2D eigenvalue weighted by atomic mass is 10.1. The van der Waals surface area contributed by atoms with E-state index in [0.717, 1.165) is 26.1 Å². The summed E-state index contributed by atoms with van der Waals surface area (Å²) in [6, 6.07) is 11.1. The maximum atomic E-state index is 5.70. The Balaban J connectivity index is 2.04. The first kappa shape index (κ1) is 14.2. The molecule has 0 fully saturated rings. The number of ether oxygens (including phenoxy) is 1. The number of nitrogens with one attached hydrogen (secondary N) is 1. The van der Waals surface area contributed by atoms with E-state index in [9.17, 15) is 0 Å². The average Bonchev–Trinajstić information content (AvgIpc) is 2.38. The van der Waals surface area contributed by atoms with Crippen LogP contribution in [0.3, 0.4) is 0 Å². The molecule has 1 rings (SSSR count). The lowest BCUT2D eigenvalue weighted by molar-refractivity contribution is 0.109. The monoisotopic (exact) mass is 235 g/mol. The van der Waals surface area contributed by atoms with Gasteiger partial charge in [-0.15, -0.1) is 0 Å². The van der Waals surface area contributed by atoms with Crippen LogP contribution >= 0.6 is 0 Å². The van der Waals surface area contributed by atoms with Crippen LogP contribution in [-0.2, 0) is 11.2 Å². The molecule has 17 heavy (non-hydrogen) atoms. The lowest BCUT2D eigenvalue weighted by Gasteiger charge is -2.15. The highest BCUT2D eigenvalue weighted by Crippen LogP contribution is 2.03. The summed E-state index contributed by atoms with van der Waals surface area (Å²) in [7, 11) is 2.01. The minimum absolute atomic E-state index is 0.511. The highest BCUT2D eigenvalue weighted by atomic mass is 16.5. The molecular formula is C15H25NO. The summed E-state index contributed by atoms with van der Waals surface area (Å²) >= 11 is 0. The molecular weight excluding hydrogens is 210 g/mol. The lowest BCUT2D eigenvalue weighted by Crippen LogP contribution is -2.30. The third-order valence-electron chi connectivity index (χ3n) is 2.96. The maximum absolute atomic E-state index is 5.70. The number of aryl methyl sites for hydroxylation is 1. The third kappa shape index (κ3) is 6.44. The fourth-order valence-corrected chi connectivity index (χ4v) is 1.91. The van der Waals surface area contributed by atoms with Crippen molar-refractivity contribution in [1.82, 2.24) is 5.32 Å². The molecule has 1 atom stereocenters. The van der Waals surface area contributed by atoms with Crippen LogP contribution in [0.2, 0.25) is 0 Å². The van der Waals surface area contributed by atoms with Gasteiger partial charge in [0.05, 0.1) is 6.61 Å². The number of benzene rings is 1.